The van der Waals surface area contributed by atoms with Gasteiger partial charge in [0.25, 0.3) is 5.91 Å². The summed E-state index contributed by atoms with van der Waals surface area (Å²) in [4.78, 5) is 39.8. The molecule has 0 fully saturated rings. The van der Waals surface area contributed by atoms with Crippen LogP contribution in [0.4, 0.5) is 4.79 Å². The van der Waals surface area contributed by atoms with E-state index in [-0.39, 0.29) is 11.8 Å². The van der Waals surface area contributed by atoms with E-state index in [0.29, 0.717) is 0 Å². The number of nitrogens with zero attached hydrogens (tertiary/aromatic N) is 2. The average Bonchev–Trinajstić information content (AvgIpc) is 3.02. The molecule has 1 atom stereocenters. The number of fused-ring (bicyclic) bond motifs is 1. The quantitative estimate of drug-likeness (QED) is 0.490. The number of hydrogen-bond donors (Lipinski definition) is 2. The Morgan fingerprint density at radius 1 is 1.25 bits per heavy atom. The number of amides is 3. The highest BCUT2D eigenvalue weighted by molar-refractivity contribution is 7.99. The van der Waals surface area contributed by atoms with Gasteiger partial charge < -0.3 is 14.6 Å². The molecule has 0 unspecified atom stereocenters. The molecule has 1 aromatic carbocycles. The first-order valence-corrected chi connectivity index (χ1v) is 10.3. The highest BCUT2D eigenvalue weighted by atomic mass is 32.2. The number of rotatable bonds is 9. The molecule has 28 heavy (non-hydrogen) atoms. The van der Waals surface area contributed by atoms with Crippen LogP contribution in [0.25, 0.3) is 11.0 Å². The second-order valence-corrected chi connectivity index (χ2v) is 7.26. The Kier molecular flexibility index (Phi) is 8.31. The Morgan fingerprint density at radius 3 is 2.71 bits per heavy atom. The number of hydrogen-bond acceptors (Lipinski definition) is 6. The first kappa shape index (κ1) is 21.7. The fraction of sp³-hybridized carbons (Fsp3) is 0.474. The van der Waals surface area contributed by atoms with Gasteiger partial charge in [-0.3, -0.25) is 14.9 Å². The first-order valence-electron chi connectivity index (χ1n) is 9.28. The van der Waals surface area contributed by atoms with E-state index < -0.39 is 24.5 Å². The molecule has 2 N–H and O–H groups in total. The lowest BCUT2D eigenvalue weighted by molar-refractivity contribution is -0.145. The molecule has 9 heteroatoms. The highest BCUT2D eigenvalue weighted by Gasteiger charge is 2.15. The number of benzene rings is 1. The smallest absolute Gasteiger partial charge is 0.321 e. The summed E-state index contributed by atoms with van der Waals surface area (Å²) >= 11 is 1.26. The predicted molar refractivity (Wildman–Crippen MR) is 108 cm³/mol. The summed E-state index contributed by atoms with van der Waals surface area (Å²) in [6.45, 7) is 6.12. The minimum Gasteiger partial charge on any atom is -0.455 e. The van der Waals surface area contributed by atoms with Crippen molar-refractivity contribution >= 4 is 40.7 Å². The number of imidazole rings is 1. The summed E-state index contributed by atoms with van der Waals surface area (Å²) < 4.78 is 7.01. The van der Waals surface area contributed by atoms with Gasteiger partial charge in [-0.2, -0.15) is 0 Å². The number of imide groups is 1. The molecule has 0 aliphatic heterocycles. The molecular formula is C19H26N4O4S. The molecule has 3 amide bonds. The van der Waals surface area contributed by atoms with Gasteiger partial charge in [-0.05, 0) is 31.9 Å². The molecular weight excluding hydrogens is 380 g/mol. The highest BCUT2D eigenvalue weighted by Crippen LogP contribution is 2.24. The number of aryl methyl sites for hydroxylation is 1. The molecule has 0 saturated heterocycles. The van der Waals surface area contributed by atoms with E-state index in [1.807, 2.05) is 38.1 Å². The number of carbonyl (C=O) groups is 3. The van der Waals surface area contributed by atoms with Crippen LogP contribution >= 0.6 is 11.8 Å². The van der Waals surface area contributed by atoms with Gasteiger partial charge in [0.05, 0.1) is 16.8 Å². The number of urea groups is 1. The van der Waals surface area contributed by atoms with Crippen LogP contribution in [0.5, 0.6) is 0 Å². The van der Waals surface area contributed by atoms with Crippen molar-refractivity contribution in [2.24, 2.45) is 0 Å². The summed E-state index contributed by atoms with van der Waals surface area (Å²) in [6, 6.07) is 7.15. The molecule has 152 valence electrons. The molecule has 0 saturated carbocycles. The first-order chi connectivity index (χ1) is 13.4. The topological polar surface area (TPSA) is 102 Å². The van der Waals surface area contributed by atoms with E-state index in [1.165, 1.54) is 11.8 Å². The fourth-order valence-corrected chi connectivity index (χ4v) is 3.28. The Morgan fingerprint density at radius 2 is 2.00 bits per heavy atom. The SMILES string of the molecule is CCCn1c(SCC(=O)OCC(=O)NC(=O)N[C@@H](C)CC)nc2ccccc21. The van der Waals surface area contributed by atoms with E-state index in [4.69, 9.17) is 4.74 Å². The molecule has 1 aromatic heterocycles. The van der Waals surface area contributed by atoms with Crippen LogP contribution < -0.4 is 10.6 Å². The molecule has 0 spiro atoms. The molecule has 0 aliphatic carbocycles. The Balaban J connectivity index is 1.83. The molecule has 2 rings (SSSR count). The van der Waals surface area contributed by atoms with Crippen LogP contribution in [0.3, 0.4) is 0 Å². The molecule has 0 bridgehead atoms. The average molecular weight is 407 g/mol. The third kappa shape index (κ3) is 6.26. The Hall–Kier alpha value is -2.55. The molecule has 0 radical (unpaired) electrons. The third-order valence-electron chi connectivity index (χ3n) is 3.99. The van der Waals surface area contributed by atoms with Crippen LogP contribution in [-0.2, 0) is 20.9 Å². The Labute approximate surface area is 168 Å². The number of ether oxygens (including phenoxy) is 1. The van der Waals surface area contributed by atoms with Gasteiger partial charge in [0, 0.05) is 12.6 Å². The molecule has 2 aromatic rings. The number of aromatic nitrogens is 2. The lowest BCUT2D eigenvalue weighted by atomic mass is 10.3. The molecule has 8 nitrogen and oxygen atoms in total. The van der Waals surface area contributed by atoms with Crippen LogP contribution in [0.2, 0.25) is 0 Å². The van der Waals surface area contributed by atoms with Crippen molar-refractivity contribution in [3.8, 4) is 0 Å². The number of para-hydroxylation sites is 2. The predicted octanol–water partition coefficient (Wildman–Crippen LogP) is 2.71. The van der Waals surface area contributed by atoms with Crippen LogP contribution in [0, 0.1) is 0 Å². The van der Waals surface area contributed by atoms with E-state index in [9.17, 15) is 14.4 Å². The van der Waals surface area contributed by atoms with Gasteiger partial charge in [0.15, 0.2) is 11.8 Å². The van der Waals surface area contributed by atoms with Crippen molar-refractivity contribution in [3.05, 3.63) is 24.3 Å². The second-order valence-electron chi connectivity index (χ2n) is 6.32. The van der Waals surface area contributed by atoms with Gasteiger partial charge in [-0.1, -0.05) is 37.7 Å². The summed E-state index contributed by atoms with van der Waals surface area (Å²) in [5.41, 5.74) is 1.89. The van der Waals surface area contributed by atoms with Gasteiger partial charge in [0.2, 0.25) is 0 Å². The second kappa shape index (κ2) is 10.7. The van der Waals surface area contributed by atoms with Crippen molar-refractivity contribution in [2.45, 2.75) is 51.4 Å². The van der Waals surface area contributed by atoms with Crippen molar-refractivity contribution in [1.29, 1.82) is 0 Å². The lowest BCUT2D eigenvalue weighted by Gasteiger charge is -2.11. The minimum absolute atomic E-state index is 0.0272. The van der Waals surface area contributed by atoms with Gasteiger partial charge in [0.1, 0.15) is 0 Å². The van der Waals surface area contributed by atoms with Crippen molar-refractivity contribution in [1.82, 2.24) is 20.2 Å². The standard InChI is InChI=1S/C19H26N4O4S/c1-4-10-23-15-9-7-6-8-14(15)21-19(23)28-12-17(25)27-11-16(24)22-18(26)20-13(3)5-2/h6-9,13H,4-5,10-12H2,1-3H3,(H2,20,22,24,26)/t13-/m0/s1. The number of carbonyl (C=O) groups excluding carboxylic acids is 3. The maximum absolute atomic E-state index is 12.0. The number of esters is 1. The zero-order chi connectivity index (χ0) is 20.5. The normalized spacial score (nSPS) is 11.8. The molecule has 1 heterocycles. The van der Waals surface area contributed by atoms with Crippen molar-refractivity contribution in [3.63, 3.8) is 0 Å². The summed E-state index contributed by atoms with van der Waals surface area (Å²) in [7, 11) is 0. The lowest BCUT2D eigenvalue weighted by Crippen LogP contribution is -2.44. The number of nitrogens with one attached hydrogen (secondary N) is 2. The maximum atomic E-state index is 12.0. The third-order valence-corrected chi connectivity index (χ3v) is 4.94. The van der Waals surface area contributed by atoms with E-state index in [2.05, 4.69) is 27.1 Å². The molecule has 0 aliphatic rings. The van der Waals surface area contributed by atoms with E-state index in [1.54, 1.807) is 0 Å². The number of thioether (sulfide) groups is 1. The van der Waals surface area contributed by atoms with Gasteiger partial charge in [-0.25, -0.2) is 9.78 Å². The van der Waals surface area contributed by atoms with Gasteiger partial charge in [-0.15, -0.1) is 0 Å². The summed E-state index contributed by atoms with van der Waals surface area (Å²) in [5, 5.41) is 5.46. The maximum Gasteiger partial charge on any atom is 0.321 e. The zero-order valence-corrected chi connectivity index (χ0v) is 17.2. The minimum atomic E-state index is -0.669. The summed E-state index contributed by atoms with van der Waals surface area (Å²) in [6.07, 6.45) is 1.69. The van der Waals surface area contributed by atoms with Crippen LogP contribution in [-0.4, -0.2) is 45.9 Å². The largest absolute Gasteiger partial charge is 0.455 e. The Bertz CT molecular complexity index is 836. The van der Waals surface area contributed by atoms with Crippen LogP contribution in [0.15, 0.2) is 29.4 Å². The monoisotopic (exact) mass is 406 g/mol. The van der Waals surface area contributed by atoms with E-state index >= 15 is 0 Å². The van der Waals surface area contributed by atoms with Crippen molar-refractivity contribution in [2.75, 3.05) is 12.4 Å². The fourth-order valence-electron chi connectivity index (χ4n) is 2.44. The van der Waals surface area contributed by atoms with E-state index in [0.717, 1.165) is 35.6 Å². The van der Waals surface area contributed by atoms with Crippen molar-refractivity contribution < 1.29 is 19.1 Å². The summed E-state index contributed by atoms with van der Waals surface area (Å²) in [5.74, 6) is -1.19. The van der Waals surface area contributed by atoms with Gasteiger partial charge >= 0.3 is 12.0 Å². The van der Waals surface area contributed by atoms with Crippen LogP contribution in [0.1, 0.15) is 33.6 Å². The zero-order valence-electron chi connectivity index (χ0n) is 16.4.